The lowest BCUT2D eigenvalue weighted by atomic mass is 10.1. The maximum atomic E-state index is 13.3. The Kier molecular flexibility index (Phi) is 4.57. The third kappa shape index (κ3) is 3.49. The zero-order valence-electron chi connectivity index (χ0n) is 9.91. The van der Waals surface area contributed by atoms with E-state index in [0.29, 0.717) is 6.54 Å². The fraction of sp³-hybridized carbons (Fsp3) is 0.417. The summed E-state index contributed by atoms with van der Waals surface area (Å²) < 4.78 is 26.2. The first-order valence-corrected chi connectivity index (χ1v) is 5.35. The highest BCUT2D eigenvalue weighted by atomic mass is 19.1. The lowest BCUT2D eigenvalue weighted by Crippen LogP contribution is -2.40. The van der Waals surface area contributed by atoms with Crippen molar-refractivity contribution in [1.82, 2.24) is 4.90 Å². The molecule has 0 unspecified atom stereocenters. The van der Waals surface area contributed by atoms with Crippen LogP contribution in [-0.4, -0.2) is 30.4 Å². The van der Waals surface area contributed by atoms with Gasteiger partial charge in [-0.05, 0) is 25.1 Å². The molecule has 0 aromatic heterocycles. The molecule has 0 bridgehead atoms. The van der Waals surface area contributed by atoms with E-state index in [0.717, 1.165) is 18.2 Å². The number of carbonyl (C=O) groups excluding carboxylic acids is 1. The Labute approximate surface area is 99.2 Å². The summed E-state index contributed by atoms with van der Waals surface area (Å²) in [7, 11) is 1.59. The fourth-order valence-corrected chi connectivity index (χ4v) is 1.37. The van der Waals surface area contributed by atoms with Gasteiger partial charge in [0.25, 0.3) is 0 Å². The number of nitrogens with zero attached hydrogens (tertiary/aromatic N) is 1. The van der Waals surface area contributed by atoms with Gasteiger partial charge in [0.2, 0.25) is 5.91 Å². The van der Waals surface area contributed by atoms with Crippen molar-refractivity contribution in [3.63, 3.8) is 0 Å². The summed E-state index contributed by atoms with van der Waals surface area (Å²) >= 11 is 0. The second kappa shape index (κ2) is 5.72. The summed E-state index contributed by atoms with van der Waals surface area (Å²) in [6, 6.07) is 2.95. The highest BCUT2D eigenvalue weighted by Gasteiger charge is 2.16. The minimum atomic E-state index is -0.575. The van der Waals surface area contributed by atoms with Gasteiger partial charge in [-0.1, -0.05) is 0 Å². The second-order valence-electron chi connectivity index (χ2n) is 4.00. The molecule has 1 aromatic carbocycles. The second-order valence-corrected chi connectivity index (χ2v) is 4.00. The van der Waals surface area contributed by atoms with E-state index >= 15 is 0 Å². The van der Waals surface area contributed by atoms with Crippen LogP contribution in [0.25, 0.3) is 0 Å². The number of benzene rings is 1. The minimum absolute atomic E-state index is 0.0612. The van der Waals surface area contributed by atoms with Crippen LogP contribution in [0.3, 0.4) is 0 Å². The molecule has 1 rings (SSSR count). The number of amides is 1. The van der Waals surface area contributed by atoms with Crippen molar-refractivity contribution in [3.05, 3.63) is 35.4 Å². The largest absolute Gasteiger partial charge is 0.341 e. The van der Waals surface area contributed by atoms with Crippen LogP contribution >= 0.6 is 0 Å². The van der Waals surface area contributed by atoms with Gasteiger partial charge in [0.1, 0.15) is 11.6 Å². The molecule has 0 heterocycles. The van der Waals surface area contributed by atoms with Crippen molar-refractivity contribution in [3.8, 4) is 0 Å². The molecule has 0 saturated carbocycles. The van der Waals surface area contributed by atoms with E-state index in [4.69, 9.17) is 5.73 Å². The number of rotatable bonds is 4. The third-order valence-corrected chi connectivity index (χ3v) is 2.75. The van der Waals surface area contributed by atoms with Crippen LogP contribution in [0.5, 0.6) is 0 Å². The molecule has 3 nitrogen and oxygen atoms in total. The Morgan fingerprint density at radius 2 is 2.12 bits per heavy atom. The fourth-order valence-electron chi connectivity index (χ4n) is 1.37. The number of likely N-dealkylation sites (N-methyl/N-ethyl adjacent to an activating group) is 1. The molecule has 1 amide bonds. The van der Waals surface area contributed by atoms with E-state index in [2.05, 4.69) is 0 Å². The van der Waals surface area contributed by atoms with Crippen molar-refractivity contribution < 1.29 is 13.6 Å². The SMILES string of the molecule is C[C@H](CN)N(C)C(=O)Cc1cc(F)ccc1F. The van der Waals surface area contributed by atoms with Gasteiger partial charge < -0.3 is 10.6 Å². The molecule has 1 aromatic rings. The average Bonchev–Trinajstić information content (AvgIpc) is 2.31. The van der Waals surface area contributed by atoms with Crippen LogP contribution in [0.4, 0.5) is 8.78 Å². The van der Waals surface area contributed by atoms with Gasteiger partial charge in [-0.25, -0.2) is 8.78 Å². The van der Waals surface area contributed by atoms with Gasteiger partial charge in [0, 0.05) is 25.2 Å². The van der Waals surface area contributed by atoms with E-state index in [1.807, 2.05) is 0 Å². The minimum Gasteiger partial charge on any atom is -0.341 e. The van der Waals surface area contributed by atoms with Crippen LogP contribution in [-0.2, 0) is 11.2 Å². The van der Waals surface area contributed by atoms with Crippen molar-refractivity contribution in [2.75, 3.05) is 13.6 Å². The number of hydrogen-bond donors (Lipinski definition) is 1. The van der Waals surface area contributed by atoms with Crippen molar-refractivity contribution >= 4 is 5.91 Å². The molecule has 0 saturated heterocycles. The Morgan fingerprint density at radius 1 is 1.47 bits per heavy atom. The summed E-state index contributed by atoms with van der Waals surface area (Å²) in [5.74, 6) is -1.41. The molecule has 2 N–H and O–H groups in total. The molecule has 0 aliphatic rings. The van der Waals surface area contributed by atoms with Crippen LogP contribution in [0.15, 0.2) is 18.2 Å². The first-order valence-electron chi connectivity index (χ1n) is 5.35. The Bertz CT molecular complexity index is 409. The standard InChI is InChI=1S/C12H16F2N2O/c1-8(7-15)16(2)12(17)6-9-5-10(13)3-4-11(9)14/h3-5,8H,6-7,15H2,1-2H3/t8-/m1/s1. The molecule has 94 valence electrons. The predicted octanol–water partition coefficient (Wildman–Crippen LogP) is 1.31. The van der Waals surface area contributed by atoms with Crippen molar-refractivity contribution in [2.45, 2.75) is 19.4 Å². The first-order chi connectivity index (χ1) is 7.95. The Hall–Kier alpha value is -1.49. The monoisotopic (exact) mass is 242 g/mol. The maximum Gasteiger partial charge on any atom is 0.227 e. The Balaban J connectivity index is 2.77. The smallest absolute Gasteiger partial charge is 0.227 e. The highest BCUT2D eigenvalue weighted by Crippen LogP contribution is 2.11. The zero-order valence-corrected chi connectivity index (χ0v) is 9.91. The number of hydrogen-bond acceptors (Lipinski definition) is 2. The number of nitrogens with two attached hydrogens (primary N) is 1. The predicted molar refractivity (Wildman–Crippen MR) is 61.3 cm³/mol. The number of halogens is 2. The normalized spacial score (nSPS) is 12.3. The van der Waals surface area contributed by atoms with E-state index in [-0.39, 0.29) is 23.9 Å². The molecule has 0 spiro atoms. The summed E-state index contributed by atoms with van der Waals surface area (Å²) in [4.78, 5) is 13.2. The summed E-state index contributed by atoms with van der Waals surface area (Å²) in [6.07, 6.45) is -0.162. The lowest BCUT2D eigenvalue weighted by Gasteiger charge is -2.23. The van der Waals surface area contributed by atoms with Gasteiger partial charge in [-0.3, -0.25) is 4.79 Å². The summed E-state index contributed by atoms with van der Waals surface area (Å²) in [5.41, 5.74) is 5.49. The third-order valence-electron chi connectivity index (χ3n) is 2.75. The van der Waals surface area contributed by atoms with Crippen LogP contribution in [0.2, 0.25) is 0 Å². The van der Waals surface area contributed by atoms with Gasteiger partial charge in [0.05, 0.1) is 6.42 Å². The molecule has 0 fully saturated rings. The van der Waals surface area contributed by atoms with E-state index < -0.39 is 11.6 Å². The highest BCUT2D eigenvalue weighted by molar-refractivity contribution is 5.78. The summed E-state index contributed by atoms with van der Waals surface area (Å²) in [6.45, 7) is 2.12. The van der Waals surface area contributed by atoms with E-state index in [1.165, 1.54) is 4.90 Å². The quantitative estimate of drug-likeness (QED) is 0.865. The van der Waals surface area contributed by atoms with Crippen LogP contribution in [0, 0.1) is 11.6 Å². The van der Waals surface area contributed by atoms with E-state index in [1.54, 1.807) is 14.0 Å². The van der Waals surface area contributed by atoms with Gasteiger partial charge in [0.15, 0.2) is 0 Å². The summed E-state index contributed by atoms with van der Waals surface area (Å²) in [5, 5.41) is 0. The topological polar surface area (TPSA) is 46.3 Å². The van der Waals surface area contributed by atoms with Crippen LogP contribution in [0.1, 0.15) is 12.5 Å². The molecular formula is C12H16F2N2O. The molecule has 0 aliphatic carbocycles. The van der Waals surface area contributed by atoms with Crippen LogP contribution < -0.4 is 5.73 Å². The van der Waals surface area contributed by atoms with Crippen molar-refractivity contribution in [2.24, 2.45) is 5.73 Å². The zero-order chi connectivity index (χ0) is 13.0. The van der Waals surface area contributed by atoms with E-state index in [9.17, 15) is 13.6 Å². The van der Waals surface area contributed by atoms with Gasteiger partial charge in [-0.15, -0.1) is 0 Å². The molecule has 0 radical (unpaired) electrons. The molecule has 0 aliphatic heterocycles. The molecule has 5 heteroatoms. The molecule has 17 heavy (non-hydrogen) atoms. The van der Waals surface area contributed by atoms with Gasteiger partial charge >= 0.3 is 0 Å². The Morgan fingerprint density at radius 3 is 2.71 bits per heavy atom. The molecule has 1 atom stereocenters. The van der Waals surface area contributed by atoms with Crippen molar-refractivity contribution in [1.29, 1.82) is 0 Å². The van der Waals surface area contributed by atoms with Gasteiger partial charge in [-0.2, -0.15) is 0 Å². The lowest BCUT2D eigenvalue weighted by molar-refractivity contribution is -0.130. The average molecular weight is 242 g/mol. The molecular weight excluding hydrogens is 226 g/mol. The number of carbonyl (C=O) groups is 1. The maximum absolute atomic E-state index is 13.3. The first kappa shape index (κ1) is 13.6.